The van der Waals surface area contributed by atoms with E-state index in [9.17, 15) is 9.59 Å². The van der Waals surface area contributed by atoms with E-state index in [1.54, 1.807) is 13.2 Å². The van der Waals surface area contributed by atoms with E-state index in [2.05, 4.69) is 17.6 Å². The number of benzene rings is 3. The molecule has 1 atom stereocenters. The van der Waals surface area contributed by atoms with E-state index >= 15 is 0 Å². The average Bonchev–Trinajstić information content (AvgIpc) is 2.79. The largest absolute Gasteiger partial charge is 0.497 e. The van der Waals surface area contributed by atoms with Gasteiger partial charge in [0.1, 0.15) is 12.3 Å². The number of methoxy groups -OCH3 is 1. The van der Waals surface area contributed by atoms with Crippen molar-refractivity contribution in [3.8, 4) is 5.75 Å². The van der Waals surface area contributed by atoms with Gasteiger partial charge >= 0.3 is 0 Å². The molecule has 0 aliphatic rings. The highest BCUT2D eigenvalue weighted by molar-refractivity contribution is 6.04. The quantitative estimate of drug-likeness (QED) is 0.500. The lowest BCUT2D eigenvalue weighted by Gasteiger charge is -2.17. The second-order valence-corrected chi connectivity index (χ2v) is 7.25. The number of quaternary nitrogens is 1. The van der Waals surface area contributed by atoms with Crippen molar-refractivity contribution in [1.29, 1.82) is 0 Å². The van der Waals surface area contributed by atoms with Gasteiger partial charge in [-0.15, -0.1) is 0 Å². The minimum atomic E-state index is -0.143. The van der Waals surface area contributed by atoms with Gasteiger partial charge in [-0.3, -0.25) is 9.59 Å². The summed E-state index contributed by atoms with van der Waals surface area (Å²) in [5.41, 5.74) is 3.15. The summed E-state index contributed by atoms with van der Waals surface area (Å²) in [5.74, 6) is 0.507. The maximum absolute atomic E-state index is 12.5. The van der Waals surface area contributed by atoms with Gasteiger partial charge in [0, 0.05) is 28.6 Å². The standard InChI is InChI=1S/C25H27N3O3/c1-3-28(18-24(29)26-22-10-7-11-23(16-22)31-2)17-19-12-14-20(15-13-19)25(30)27-21-8-5-4-6-9-21/h4-16H,3,17-18H2,1-2H3,(H,26,29)(H,27,30)/p+1. The summed E-state index contributed by atoms with van der Waals surface area (Å²) in [5, 5.41) is 5.80. The molecule has 3 aromatic carbocycles. The van der Waals surface area contributed by atoms with E-state index in [0.29, 0.717) is 30.1 Å². The van der Waals surface area contributed by atoms with E-state index in [0.717, 1.165) is 22.7 Å². The van der Waals surface area contributed by atoms with E-state index in [4.69, 9.17) is 4.74 Å². The smallest absolute Gasteiger partial charge is 0.279 e. The Balaban J connectivity index is 1.54. The molecule has 0 heterocycles. The average molecular weight is 419 g/mol. The van der Waals surface area contributed by atoms with Gasteiger partial charge in [-0.25, -0.2) is 0 Å². The molecule has 0 bridgehead atoms. The number of carbonyl (C=O) groups is 2. The van der Waals surface area contributed by atoms with Crippen LogP contribution < -0.4 is 20.3 Å². The van der Waals surface area contributed by atoms with E-state index in [1.165, 1.54) is 0 Å². The predicted octanol–water partition coefficient (Wildman–Crippen LogP) is 2.99. The lowest BCUT2D eigenvalue weighted by molar-refractivity contribution is -0.903. The topological polar surface area (TPSA) is 71.9 Å². The van der Waals surface area contributed by atoms with Crippen molar-refractivity contribution in [1.82, 2.24) is 0 Å². The molecule has 0 spiro atoms. The Hall–Kier alpha value is -3.64. The number of rotatable bonds is 9. The molecule has 0 saturated heterocycles. The van der Waals surface area contributed by atoms with Crippen LogP contribution in [0.25, 0.3) is 0 Å². The molecule has 1 unspecified atom stereocenters. The molecule has 0 fully saturated rings. The van der Waals surface area contributed by atoms with Gasteiger partial charge in [0.05, 0.1) is 13.7 Å². The third-order valence-corrected chi connectivity index (χ3v) is 4.97. The second kappa shape index (κ2) is 10.9. The van der Waals surface area contributed by atoms with Crippen LogP contribution in [0.2, 0.25) is 0 Å². The van der Waals surface area contributed by atoms with Gasteiger partial charge in [0.25, 0.3) is 11.8 Å². The first-order valence-corrected chi connectivity index (χ1v) is 10.3. The molecule has 3 rings (SSSR count). The zero-order valence-electron chi connectivity index (χ0n) is 17.9. The van der Waals surface area contributed by atoms with Crippen LogP contribution in [0.1, 0.15) is 22.8 Å². The minimum Gasteiger partial charge on any atom is -0.497 e. The number of para-hydroxylation sites is 1. The van der Waals surface area contributed by atoms with Gasteiger partial charge in [0.2, 0.25) is 0 Å². The molecule has 0 aromatic heterocycles. The lowest BCUT2D eigenvalue weighted by atomic mass is 10.1. The minimum absolute atomic E-state index is 0.0519. The number of hydrogen-bond acceptors (Lipinski definition) is 3. The molecule has 0 aliphatic heterocycles. The highest BCUT2D eigenvalue weighted by Gasteiger charge is 2.14. The van der Waals surface area contributed by atoms with Crippen molar-refractivity contribution in [2.75, 3.05) is 30.8 Å². The van der Waals surface area contributed by atoms with Crippen LogP contribution in [0.15, 0.2) is 78.9 Å². The van der Waals surface area contributed by atoms with Crippen molar-refractivity contribution >= 4 is 23.2 Å². The summed E-state index contributed by atoms with van der Waals surface area (Å²) < 4.78 is 5.19. The zero-order chi connectivity index (χ0) is 22.1. The molecule has 160 valence electrons. The van der Waals surface area contributed by atoms with Crippen molar-refractivity contribution < 1.29 is 19.2 Å². The summed E-state index contributed by atoms with van der Waals surface area (Å²) in [4.78, 5) is 26.0. The number of hydrogen-bond donors (Lipinski definition) is 3. The maximum atomic E-state index is 12.5. The Bertz CT molecular complexity index is 1000. The highest BCUT2D eigenvalue weighted by atomic mass is 16.5. The third-order valence-electron chi connectivity index (χ3n) is 4.97. The molecule has 2 amide bonds. The van der Waals surface area contributed by atoms with Gasteiger partial charge < -0.3 is 20.3 Å². The van der Waals surface area contributed by atoms with Crippen LogP contribution >= 0.6 is 0 Å². The predicted molar refractivity (Wildman–Crippen MR) is 123 cm³/mol. The Morgan fingerprint density at radius 1 is 0.871 bits per heavy atom. The molecule has 3 aromatic rings. The number of amides is 2. The summed E-state index contributed by atoms with van der Waals surface area (Å²) >= 11 is 0. The molecule has 6 heteroatoms. The molecular formula is C25H28N3O3+. The fourth-order valence-electron chi connectivity index (χ4n) is 3.23. The SMILES string of the molecule is CC[NH+](CC(=O)Nc1cccc(OC)c1)Cc1ccc(C(=O)Nc2ccccc2)cc1. The van der Waals surface area contributed by atoms with Crippen LogP contribution in [0.4, 0.5) is 11.4 Å². The third kappa shape index (κ3) is 6.69. The Labute approximate surface area is 182 Å². The first-order valence-electron chi connectivity index (χ1n) is 10.3. The van der Waals surface area contributed by atoms with Gasteiger partial charge in [0.15, 0.2) is 6.54 Å². The Morgan fingerprint density at radius 2 is 1.58 bits per heavy atom. The molecule has 31 heavy (non-hydrogen) atoms. The van der Waals surface area contributed by atoms with Gasteiger partial charge in [-0.1, -0.05) is 36.4 Å². The van der Waals surface area contributed by atoms with Crippen LogP contribution in [-0.2, 0) is 11.3 Å². The first kappa shape index (κ1) is 22.1. The van der Waals surface area contributed by atoms with Crippen LogP contribution in [0.3, 0.4) is 0 Å². The molecule has 3 N–H and O–H groups in total. The van der Waals surface area contributed by atoms with Crippen LogP contribution in [0, 0.1) is 0 Å². The number of nitrogens with one attached hydrogen (secondary N) is 3. The monoisotopic (exact) mass is 418 g/mol. The molecule has 0 saturated carbocycles. The summed E-state index contributed by atoms with van der Waals surface area (Å²) in [6.07, 6.45) is 0. The molecule has 0 radical (unpaired) electrons. The zero-order valence-corrected chi connectivity index (χ0v) is 17.9. The van der Waals surface area contributed by atoms with Crippen molar-refractivity contribution in [3.05, 3.63) is 90.0 Å². The molecule has 0 aliphatic carbocycles. The second-order valence-electron chi connectivity index (χ2n) is 7.25. The van der Waals surface area contributed by atoms with Crippen molar-refractivity contribution in [3.63, 3.8) is 0 Å². The van der Waals surface area contributed by atoms with E-state index in [-0.39, 0.29) is 11.8 Å². The van der Waals surface area contributed by atoms with E-state index < -0.39 is 0 Å². The fraction of sp³-hybridized carbons (Fsp3) is 0.200. The van der Waals surface area contributed by atoms with E-state index in [1.807, 2.05) is 72.8 Å². The number of carbonyl (C=O) groups excluding carboxylic acids is 2. The van der Waals surface area contributed by atoms with Crippen molar-refractivity contribution in [2.24, 2.45) is 0 Å². The van der Waals surface area contributed by atoms with Crippen LogP contribution in [-0.4, -0.2) is 32.0 Å². The summed E-state index contributed by atoms with van der Waals surface area (Å²) in [7, 11) is 1.60. The maximum Gasteiger partial charge on any atom is 0.279 e. The Kier molecular flexibility index (Phi) is 7.79. The van der Waals surface area contributed by atoms with Crippen molar-refractivity contribution in [2.45, 2.75) is 13.5 Å². The van der Waals surface area contributed by atoms with Crippen LogP contribution in [0.5, 0.6) is 5.75 Å². The summed E-state index contributed by atoms with van der Waals surface area (Å²) in [6.45, 7) is 3.91. The summed E-state index contributed by atoms with van der Waals surface area (Å²) in [6, 6.07) is 24.2. The normalized spacial score (nSPS) is 11.4. The Morgan fingerprint density at radius 3 is 2.26 bits per heavy atom. The van der Waals surface area contributed by atoms with Gasteiger partial charge in [-0.2, -0.15) is 0 Å². The fourth-order valence-corrected chi connectivity index (χ4v) is 3.23. The molecule has 6 nitrogen and oxygen atoms in total. The lowest BCUT2D eigenvalue weighted by Crippen LogP contribution is -3.11. The number of ether oxygens (including phenoxy) is 1. The number of anilines is 2. The molecular weight excluding hydrogens is 390 g/mol. The first-order chi connectivity index (χ1) is 15.1. The highest BCUT2D eigenvalue weighted by Crippen LogP contribution is 2.16. The van der Waals surface area contributed by atoms with Gasteiger partial charge in [-0.05, 0) is 43.3 Å². The number of likely N-dealkylation sites (N-methyl/N-ethyl adjacent to an activating group) is 1.